The zero-order valence-electron chi connectivity index (χ0n) is 14.9. The number of halogens is 1. The van der Waals surface area contributed by atoms with Crippen LogP contribution in [0.1, 0.15) is 18.4 Å². The highest BCUT2D eigenvalue weighted by atomic mass is 19.1. The summed E-state index contributed by atoms with van der Waals surface area (Å²) in [5.74, 6) is 1.19. The predicted octanol–water partition coefficient (Wildman–Crippen LogP) is 3.18. The highest BCUT2D eigenvalue weighted by Gasteiger charge is 2.10. The molecule has 27 heavy (non-hydrogen) atoms. The summed E-state index contributed by atoms with van der Waals surface area (Å²) in [6, 6.07) is 13.3. The third-order valence-corrected chi connectivity index (χ3v) is 3.83. The second-order valence-corrected chi connectivity index (χ2v) is 5.87. The standard InChI is InChI=1S/C20H20FN3O3/c1-2-26-17-9-3-14(4-10-17)13-18(25)22-12-11-19-23-20(24-27-19)15-5-7-16(21)8-6-15/h3-10H,2,11-13H2,1H3,(H,22,25). The molecule has 0 atom stereocenters. The molecule has 0 radical (unpaired) electrons. The van der Waals surface area contributed by atoms with E-state index in [9.17, 15) is 9.18 Å². The lowest BCUT2D eigenvalue weighted by molar-refractivity contribution is -0.120. The number of hydrogen-bond donors (Lipinski definition) is 1. The molecule has 0 aliphatic rings. The molecule has 0 fully saturated rings. The number of amides is 1. The number of ether oxygens (including phenoxy) is 1. The third kappa shape index (κ3) is 5.37. The third-order valence-electron chi connectivity index (χ3n) is 3.83. The maximum atomic E-state index is 12.9. The van der Waals surface area contributed by atoms with Crippen LogP contribution >= 0.6 is 0 Å². The van der Waals surface area contributed by atoms with Gasteiger partial charge in [-0.1, -0.05) is 17.3 Å². The number of nitrogens with zero attached hydrogens (tertiary/aromatic N) is 2. The van der Waals surface area contributed by atoms with Gasteiger partial charge in [0.15, 0.2) is 0 Å². The number of nitrogens with one attached hydrogen (secondary N) is 1. The molecule has 6 nitrogen and oxygen atoms in total. The molecule has 0 aliphatic heterocycles. The van der Waals surface area contributed by atoms with Crippen LogP contribution in [0, 0.1) is 5.82 Å². The highest BCUT2D eigenvalue weighted by molar-refractivity contribution is 5.78. The van der Waals surface area contributed by atoms with E-state index in [1.807, 2.05) is 31.2 Å². The summed E-state index contributed by atoms with van der Waals surface area (Å²) in [4.78, 5) is 16.3. The Morgan fingerprint density at radius 1 is 1.15 bits per heavy atom. The van der Waals surface area contributed by atoms with E-state index in [4.69, 9.17) is 9.26 Å². The second-order valence-electron chi connectivity index (χ2n) is 5.87. The minimum Gasteiger partial charge on any atom is -0.494 e. The van der Waals surface area contributed by atoms with Gasteiger partial charge in [-0.3, -0.25) is 4.79 Å². The van der Waals surface area contributed by atoms with Gasteiger partial charge in [0.1, 0.15) is 11.6 Å². The molecule has 0 saturated carbocycles. The van der Waals surface area contributed by atoms with Gasteiger partial charge < -0.3 is 14.6 Å². The van der Waals surface area contributed by atoms with Crippen LogP contribution in [-0.2, 0) is 17.6 Å². The Hall–Kier alpha value is -3.22. The average molecular weight is 369 g/mol. The Labute approximate surface area is 156 Å². The molecule has 0 saturated heterocycles. The van der Waals surface area contributed by atoms with E-state index in [0.29, 0.717) is 36.9 Å². The van der Waals surface area contributed by atoms with Crippen LogP contribution in [0.25, 0.3) is 11.4 Å². The van der Waals surface area contributed by atoms with E-state index in [1.54, 1.807) is 12.1 Å². The van der Waals surface area contributed by atoms with E-state index in [-0.39, 0.29) is 18.1 Å². The van der Waals surface area contributed by atoms with Gasteiger partial charge in [-0.15, -0.1) is 0 Å². The number of rotatable bonds is 8. The molecular weight excluding hydrogens is 349 g/mol. The molecule has 3 rings (SSSR count). The summed E-state index contributed by atoms with van der Waals surface area (Å²) in [6.45, 7) is 2.92. The lowest BCUT2D eigenvalue weighted by Gasteiger charge is -2.06. The fourth-order valence-electron chi connectivity index (χ4n) is 2.50. The number of hydrogen-bond acceptors (Lipinski definition) is 5. The summed E-state index contributed by atoms with van der Waals surface area (Å²) >= 11 is 0. The highest BCUT2D eigenvalue weighted by Crippen LogP contribution is 2.16. The van der Waals surface area contributed by atoms with Crippen LogP contribution in [0.2, 0.25) is 0 Å². The lowest BCUT2D eigenvalue weighted by Crippen LogP contribution is -2.27. The molecule has 7 heteroatoms. The van der Waals surface area contributed by atoms with Crippen molar-refractivity contribution in [1.82, 2.24) is 15.5 Å². The van der Waals surface area contributed by atoms with Crippen molar-refractivity contribution in [3.05, 3.63) is 65.8 Å². The van der Waals surface area contributed by atoms with Gasteiger partial charge in [0, 0.05) is 18.5 Å². The summed E-state index contributed by atoms with van der Waals surface area (Å²) in [7, 11) is 0. The Balaban J connectivity index is 1.45. The molecule has 1 N–H and O–H groups in total. The first-order chi connectivity index (χ1) is 13.1. The normalized spacial score (nSPS) is 10.6. The summed E-state index contributed by atoms with van der Waals surface area (Å²) in [5.41, 5.74) is 1.58. The van der Waals surface area contributed by atoms with E-state index < -0.39 is 0 Å². The Bertz CT molecular complexity index is 876. The summed E-state index contributed by atoms with van der Waals surface area (Å²) in [5, 5.41) is 6.70. The van der Waals surface area contributed by atoms with E-state index in [0.717, 1.165) is 11.3 Å². The van der Waals surface area contributed by atoms with Gasteiger partial charge in [0.05, 0.1) is 13.0 Å². The SMILES string of the molecule is CCOc1ccc(CC(=O)NCCc2nc(-c3ccc(F)cc3)no2)cc1. The number of aromatic nitrogens is 2. The largest absolute Gasteiger partial charge is 0.494 e. The van der Waals surface area contributed by atoms with E-state index in [1.165, 1.54) is 12.1 Å². The van der Waals surface area contributed by atoms with E-state index in [2.05, 4.69) is 15.5 Å². The first-order valence-electron chi connectivity index (χ1n) is 8.71. The second kappa shape index (κ2) is 8.93. The van der Waals surface area contributed by atoms with E-state index >= 15 is 0 Å². The maximum Gasteiger partial charge on any atom is 0.228 e. The zero-order valence-corrected chi connectivity index (χ0v) is 14.9. The Kier molecular flexibility index (Phi) is 6.14. The van der Waals surface area contributed by atoms with Gasteiger partial charge in [-0.05, 0) is 48.9 Å². The molecule has 1 aromatic heterocycles. The van der Waals surface area contributed by atoms with Crippen LogP contribution in [0.3, 0.4) is 0 Å². The fraction of sp³-hybridized carbons (Fsp3) is 0.250. The molecule has 1 amide bonds. The number of carbonyl (C=O) groups is 1. The van der Waals surface area contributed by atoms with Gasteiger partial charge in [0.25, 0.3) is 0 Å². The average Bonchev–Trinajstić information content (AvgIpc) is 3.13. The van der Waals surface area contributed by atoms with Crippen molar-refractivity contribution in [3.63, 3.8) is 0 Å². The van der Waals surface area contributed by atoms with Gasteiger partial charge >= 0.3 is 0 Å². The van der Waals surface area contributed by atoms with Crippen LogP contribution in [-0.4, -0.2) is 29.2 Å². The minimum absolute atomic E-state index is 0.0857. The van der Waals surface area contributed by atoms with Crippen molar-refractivity contribution in [3.8, 4) is 17.1 Å². The molecule has 0 aliphatic carbocycles. The summed E-state index contributed by atoms with van der Waals surface area (Å²) in [6.07, 6.45) is 0.709. The smallest absolute Gasteiger partial charge is 0.228 e. The van der Waals surface area contributed by atoms with Crippen LogP contribution in [0.15, 0.2) is 53.1 Å². The predicted molar refractivity (Wildman–Crippen MR) is 97.7 cm³/mol. The molecule has 3 aromatic rings. The van der Waals surface area contributed by atoms with Crippen LogP contribution < -0.4 is 10.1 Å². The molecule has 1 heterocycles. The molecule has 0 spiro atoms. The first-order valence-corrected chi connectivity index (χ1v) is 8.71. The summed E-state index contributed by atoms with van der Waals surface area (Å²) < 4.78 is 23.5. The van der Waals surface area contributed by atoms with Crippen molar-refractivity contribution < 1.29 is 18.4 Å². The lowest BCUT2D eigenvalue weighted by atomic mass is 10.1. The quantitative estimate of drug-likeness (QED) is 0.660. The maximum absolute atomic E-state index is 12.9. The Morgan fingerprint density at radius 3 is 2.59 bits per heavy atom. The minimum atomic E-state index is -0.322. The molecular formula is C20H20FN3O3. The Morgan fingerprint density at radius 2 is 1.89 bits per heavy atom. The van der Waals surface area contributed by atoms with Crippen LogP contribution in [0.4, 0.5) is 4.39 Å². The number of carbonyl (C=O) groups excluding carboxylic acids is 1. The zero-order chi connectivity index (χ0) is 19.1. The van der Waals surface area contributed by atoms with Crippen molar-refractivity contribution in [2.24, 2.45) is 0 Å². The van der Waals surface area contributed by atoms with Gasteiger partial charge in [0.2, 0.25) is 17.6 Å². The fourth-order valence-corrected chi connectivity index (χ4v) is 2.50. The number of benzene rings is 2. The topological polar surface area (TPSA) is 77.2 Å². The van der Waals surface area contributed by atoms with Crippen molar-refractivity contribution >= 4 is 5.91 Å². The first kappa shape index (κ1) is 18.6. The molecule has 2 aromatic carbocycles. The van der Waals surface area contributed by atoms with Crippen molar-refractivity contribution in [2.75, 3.05) is 13.2 Å². The van der Waals surface area contributed by atoms with Gasteiger partial charge in [-0.25, -0.2) is 4.39 Å². The monoisotopic (exact) mass is 369 g/mol. The van der Waals surface area contributed by atoms with Crippen molar-refractivity contribution in [1.29, 1.82) is 0 Å². The molecule has 140 valence electrons. The molecule has 0 unspecified atom stereocenters. The van der Waals surface area contributed by atoms with Crippen molar-refractivity contribution in [2.45, 2.75) is 19.8 Å². The molecule has 0 bridgehead atoms. The van der Waals surface area contributed by atoms with Gasteiger partial charge in [-0.2, -0.15) is 4.98 Å². The van der Waals surface area contributed by atoms with Crippen LogP contribution in [0.5, 0.6) is 5.75 Å².